The first kappa shape index (κ1) is 9.63. The number of benzene rings is 1. The highest BCUT2D eigenvalue weighted by Crippen LogP contribution is 2.11. The van der Waals surface area contributed by atoms with Crippen molar-refractivity contribution in [2.45, 2.75) is 6.42 Å². The second kappa shape index (κ2) is 5.23. The van der Waals surface area contributed by atoms with Crippen molar-refractivity contribution in [1.82, 2.24) is 0 Å². The van der Waals surface area contributed by atoms with Crippen molar-refractivity contribution in [2.24, 2.45) is 0 Å². The van der Waals surface area contributed by atoms with Gasteiger partial charge >= 0.3 is 0 Å². The van der Waals surface area contributed by atoms with E-state index in [9.17, 15) is 0 Å². The Balaban J connectivity index is 2.58. The topological polar surface area (TPSA) is 0 Å². The van der Waals surface area contributed by atoms with Crippen molar-refractivity contribution >= 4 is 23.2 Å². The number of rotatable bonds is 3. The van der Waals surface area contributed by atoms with Gasteiger partial charge in [-0.1, -0.05) is 48.0 Å². The largest absolute Gasteiger partial charge is 0.122 e. The van der Waals surface area contributed by atoms with E-state index in [1.807, 2.05) is 36.4 Å². The van der Waals surface area contributed by atoms with Crippen LogP contribution in [0.5, 0.6) is 0 Å². The van der Waals surface area contributed by atoms with Crippen LogP contribution in [0.1, 0.15) is 5.56 Å². The van der Waals surface area contributed by atoms with Crippen LogP contribution in [0.3, 0.4) is 0 Å². The predicted molar refractivity (Wildman–Crippen MR) is 54.8 cm³/mol. The molecule has 64 valence electrons. The van der Waals surface area contributed by atoms with Gasteiger partial charge in [0.05, 0.1) is 0 Å². The number of allylic oxidation sites excluding steroid dienone is 2. The van der Waals surface area contributed by atoms with Crippen molar-refractivity contribution in [1.29, 1.82) is 0 Å². The zero-order valence-corrected chi connectivity index (χ0v) is 8.15. The van der Waals surface area contributed by atoms with Gasteiger partial charge in [-0.05, 0) is 5.56 Å². The molecule has 2 heteroatoms. The number of hydrogen-bond acceptors (Lipinski definition) is 0. The zero-order valence-electron chi connectivity index (χ0n) is 6.63. The van der Waals surface area contributed by atoms with Crippen LogP contribution in [-0.2, 0) is 6.42 Å². The van der Waals surface area contributed by atoms with E-state index in [2.05, 4.69) is 0 Å². The summed E-state index contributed by atoms with van der Waals surface area (Å²) >= 11 is 11.4. The molecule has 0 fully saturated rings. The molecule has 0 atom stereocenters. The maximum Gasteiger partial charge on any atom is 0.0418 e. The molecule has 0 heterocycles. The molecule has 0 saturated carbocycles. The molecule has 0 aliphatic heterocycles. The average molecular weight is 201 g/mol. The highest BCUT2D eigenvalue weighted by molar-refractivity contribution is 6.30. The Labute approximate surface area is 82.8 Å². The summed E-state index contributed by atoms with van der Waals surface area (Å²) < 4.78 is 0. The first-order chi connectivity index (χ1) is 5.83. The van der Waals surface area contributed by atoms with Gasteiger partial charge in [0.15, 0.2) is 0 Å². The molecule has 0 amide bonds. The molecule has 1 rings (SSSR count). The molecule has 0 aliphatic carbocycles. The second-order valence-electron chi connectivity index (χ2n) is 2.47. The highest BCUT2D eigenvalue weighted by atomic mass is 35.5. The SMILES string of the molecule is ClC/C=C(\Cl)Cc1ccccc1. The lowest BCUT2D eigenvalue weighted by molar-refractivity contribution is 1.23. The summed E-state index contributed by atoms with van der Waals surface area (Å²) in [5, 5.41) is 0.802. The Hall–Kier alpha value is -0.460. The van der Waals surface area contributed by atoms with Crippen LogP contribution in [0.25, 0.3) is 0 Å². The van der Waals surface area contributed by atoms with Gasteiger partial charge in [0.1, 0.15) is 0 Å². The quantitative estimate of drug-likeness (QED) is 0.655. The standard InChI is InChI=1S/C10H10Cl2/c11-7-6-10(12)8-9-4-2-1-3-5-9/h1-6H,7-8H2/b10-6-. The fourth-order valence-electron chi connectivity index (χ4n) is 0.947. The molecule has 0 nitrogen and oxygen atoms in total. The molecule has 0 bridgehead atoms. The van der Waals surface area contributed by atoms with Gasteiger partial charge in [0.25, 0.3) is 0 Å². The third-order valence-corrected chi connectivity index (χ3v) is 1.96. The molecule has 12 heavy (non-hydrogen) atoms. The Morgan fingerprint density at radius 3 is 2.50 bits per heavy atom. The van der Waals surface area contributed by atoms with Crippen LogP contribution in [0, 0.1) is 0 Å². The number of alkyl halides is 1. The minimum absolute atomic E-state index is 0.478. The van der Waals surface area contributed by atoms with E-state index < -0.39 is 0 Å². The summed E-state index contributed by atoms with van der Waals surface area (Å²) in [6.07, 6.45) is 2.59. The van der Waals surface area contributed by atoms with E-state index in [-0.39, 0.29) is 0 Å². The first-order valence-corrected chi connectivity index (χ1v) is 4.68. The molecule has 0 unspecified atom stereocenters. The van der Waals surface area contributed by atoms with Gasteiger partial charge < -0.3 is 0 Å². The maximum atomic E-state index is 5.89. The van der Waals surface area contributed by atoms with Crippen molar-refractivity contribution in [3.8, 4) is 0 Å². The fraction of sp³-hybridized carbons (Fsp3) is 0.200. The van der Waals surface area contributed by atoms with E-state index in [4.69, 9.17) is 23.2 Å². The van der Waals surface area contributed by atoms with Crippen molar-refractivity contribution < 1.29 is 0 Å². The molecule has 1 aromatic rings. The Bertz CT molecular complexity index is 252. The first-order valence-electron chi connectivity index (χ1n) is 3.77. The molecular weight excluding hydrogens is 191 g/mol. The van der Waals surface area contributed by atoms with Gasteiger partial charge in [-0.2, -0.15) is 0 Å². The lowest BCUT2D eigenvalue weighted by atomic mass is 10.1. The van der Waals surface area contributed by atoms with Crippen LogP contribution >= 0.6 is 23.2 Å². The van der Waals surface area contributed by atoms with Gasteiger partial charge in [-0.25, -0.2) is 0 Å². The van der Waals surface area contributed by atoms with Crippen LogP contribution < -0.4 is 0 Å². The smallest absolute Gasteiger partial charge is 0.0418 e. The molecule has 0 saturated heterocycles. The summed E-state index contributed by atoms with van der Waals surface area (Å²) in [6, 6.07) is 10.1. The number of hydrogen-bond donors (Lipinski definition) is 0. The third-order valence-electron chi connectivity index (χ3n) is 1.51. The van der Waals surface area contributed by atoms with E-state index in [1.54, 1.807) is 0 Å². The Morgan fingerprint density at radius 2 is 1.92 bits per heavy atom. The van der Waals surface area contributed by atoms with Crippen LogP contribution in [-0.4, -0.2) is 5.88 Å². The minimum atomic E-state index is 0.478. The van der Waals surface area contributed by atoms with Crippen molar-refractivity contribution in [3.05, 3.63) is 47.0 Å². The molecule has 0 N–H and O–H groups in total. The zero-order chi connectivity index (χ0) is 8.81. The molecule has 0 spiro atoms. The third kappa shape index (κ3) is 3.29. The van der Waals surface area contributed by atoms with Crippen LogP contribution in [0.4, 0.5) is 0 Å². The van der Waals surface area contributed by atoms with Crippen molar-refractivity contribution in [3.63, 3.8) is 0 Å². The average Bonchev–Trinajstić information content (AvgIpc) is 2.06. The van der Waals surface area contributed by atoms with E-state index >= 15 is 0 Å². The number of halogens is 2. The fourth-order valence-corrected chi connectivity index (χ4v) is 1.44. The summed E-state index contributed by atoms with van der Waals surface area (Å²) in [5.41, 5.74) is 1.21. The van der Waals surface area contributed by atoms with Crippen LogP contribution in [0.15, 0.2) is 41.4 Å². The summed E-state index contributed by atoms with van der Waals surface area (Å²) in [4.78, 5) is 0. The normalized spacial score (nSPS) is 11.7. The van der Waals surface area contributed by atoms with Gasteiger partial charge in [-0.15, -0.1) is 11.6 Å². The lowest BCUT2D eigenvalue weighted by Gasteiger charge is -1.97. The van der Waals surface area contributed by atoms with Gasteiger partial charge in [0.2, 0.25) is 0 Å². The maximum absolute atomic E-state index is 5.89. The molecule has 1 aromatic carbocycles. The van der Waals surface area contributed by atoms with Crippen LogP contribution in [0.2, 0.25) is 0 Å². The summed E-state index contributed by atoms with van der Waals surface area (Å²) in [5.74, 6) is 0.478. The van der Waals surface area contributed by atoms with Gasteiger partial charge in [-0.3, -0.25) is 0 Å². The molecule has 0 aliphatic rings. The van der Waals surface area contributed by atoms with E-state index in [0.29, 0.717) is 5.88 Å². The van der Waals surface area contributed by atoms with E-state index in [1.165, 1.54) is 5.56 Å². The summed E-state index contributed by atoms with van der Waals surface area (Å²) in [7, 11) is 0. The second-order valence-corrected chi connectivity index (χ2v) is 3.26. The van der Waals surface area contributed by atoms with Crippen molar-refractivity contribution in [2.75, 3.05) is 5.88 Å². The highest BCUT2D eigenvalue weighted by Gasteiger charge is 1.93. The molecule has 0 aromatic heterocycles. The van der Waals surface area contributed by atoms with Gasteiger partial charge in [0, 0.05) is 17.3 Å². The monoisotopic (exact) mass is 200 g/mol. The molecular formula is C10H10Cl2. The lowest BCUT2D eigenvalue weighted by Crippen LogP contribution is -1.83. The van der Waals surface area contributed by atoms with E-state index in [0.717, 1.165) is 11.5 Å². The predicted octanol–water partition coefficient (Wildman–Crippen LogP) is 3.59. The Morgan fingerprint density at radius 1 is 1.25 bits per heavy atom. The molecule has 0 radical (unpaired) electrons. The Kier molecular flexibility index (Phi) is 4.20. The summed E-state index contributed by atoms with van der Waals surface area (Å²) in [6.45, 7) is 0. The minimum Gasteiger partial charge on any atom is -0.122 e.